The second-order valence-electron chi connectivity index (χ2n) is 12.7. The number of benzene rings is 4. The molecule has 0 unspecified atom stereocenters. The Labute approximate surface area is 271 Å². The Kier molecular flexibility index (Phi) is 12.6. The van der Waals surface area contributed by atoms with Gasteiger partial charge in [0.1, 0.15) is 0 Å². The first-order valence-electron chi connectivity index (χ1n) is 16.2. The summed E-state index contributed by atoms with van der Waals surface area (Å²) in [4.78, 5) is 0. The van der Waals surface area contributed by atoms with E-state index in [0.717, 1.165) is 12.8 Å². The minimum Gasteiger partial charge on any atom is -0.394 e. The summed E-state index contributed by atoms with van der Waals surface area (Å²) < 4.78 is 17.6. The van der Waals surface area contributed by atoms with Crippen LogP contribution < -0.4 is 0 Å². The van der Waals surface area contributed by atoms with E-state index in [1.807, 2.05) is 0 Å². The van der Waals surface area contributed by atoms with Gasteiger partial charge in [0.05, 0.1) is 46.2 Å². The van der Waals surface area contributed by atoms with Gasteiger partial charge in [-0.25, -0.2) is 0 Å². The first-order valence-corrected chi connectivity index (χ1v) is 16.2. The highest BCUT2D eigenvalue weighted by Gasteiger charge is 2.13. The first kappa shape index (κ1) is 34.6. The van der Waals surface area contributed by atoms with Crippen LogP contribution in [-0.2, 0) is 46.9 Å². The minimum absolute atomic E-state index is 0.0362. The largest absolute Gasteiger partial charge is 0.394 e. The maximum Gasteiger partial charge on any atom is 0.0724 e. The van der Waals surface area contributed by atoms with E-state index in [1.165, 1.54) is 83.5 Å². The SMILES string of the molecule is Cc1ccc(Cc2cc(COCc3cc(Cc4ccc(C)c(COCCOCCO)c4C)c(C)cc3C)c(C)cc2C)c(C)c1. The third-order valence-corrected chi connectivity index (χ3v) is 9.16. The van der Waals surface area contributed by atoms with Gasteiger partial charge in [0.15, 0.2) is 0 Å². The zero-order valence-corrected chi connectivity index (χ0v) is 28.7. The van der Waals surface area contributed by atoms with E-state index < -0.39 is 0 Å². The van der Waals surface area contributed by atoms with Gasteiger partial charge in [-0.05, 0) is 146 Å². The molecule has 0 atom stereocenters. The summed E-state index contributed by atoms with van der Waals surface area (Å²) in [7, 11) is 0. The predicted octanol–water partition coefficient (Wildman–Crippen LogP) is 8.58. The summed E-state index contributed by atoms with van der Waals surface area (Å²) in [5.41, 5.74) is 19.5. The third-order valence-electron chi connectivity index (χ3n) is 9.16. The van der Waals surface area contributed by atoms with Gasteiger partial charge in [-0.15, -0.1) is 0 Å². The average molecular weight is 609 g/mol. The number of aryl methyl sites for hydroxylation is 7. The van der Waals surface area contributed by atoms with Crippen molar-refractivity contribution in [3.05, 3.63) is 138 Å². The molecule has 4 aromatic rings. The molecule has 0 saturated carbocycles. The molecule has 45 heavy (non-hydrogen) atoms. The van der Waals surface area contributed by atoms with E-state index in [-0.39, 0.29) is 6.61 Å². The number of hydrogen-bond acceptors (Lipinski definition) is 4. The van der Waals surface area contributed by atoms with Crippen LogP contribution in [0.3, 0.4) is 0 Å². The minimum atomic E-state index is 0.0362. The predicted molar refractivity (Wildman–Crippen MR) is 185 cm³/mol. The summed E-state index contributed by atoms with van der Waals surface area (Å²) in [6, 6.07) is 20.5. The normalized spacial score (nSPS) is 11.4. The Morgan fingerprint density at radius 1 is 0.444 bits per heavy atom. The lowest BCUT2D eigenvalue weighted by Gasteiger charge is -2.18. The molecule has 240 valence electrons. The van der Waals surface area contributed by atoms with Crippen molar-refractivity contribution in [2.45, 2.75) is 88.1 Å². The third kappa shape index (κ3) is 9.37. The number of aliphatic hydroxyl groups excluding tert-OH is 1. The standard InChI is InChI=1S/C41H52O4/c1-27-9-11-35(29(3)17-27)20-37-22-39(32(6)18-30(37)4)24-45-25-40-23-38(31(5)19-33(40)7)21-36-12-10-28(2)41(34(36)8)26-44-16-15-43-14-13-42/h9-12,17-19,22-23,42H,13-16,20-21,24-26H2,1-8H3. The lowest BCUT2D eigenvalue weighted by molar-refractivity contribution is 0.0271. The summed E-state index contributed by atoms with van der Waals surface area (Å²) in [6.07, 6.45) is 1.81. The summed E-state index contributed by atoms with van der Waals surface area (Å²) in [5.74, 6) is 0. The molecule has 0 aliphatic rings. The molecule has 0 heterocycles. The molecule has 1 N–H and O–H groups in total. The van der Waals surface area contributed by atoms with Crippen molar-refractivity contribution in [1.29, 1.82) is 0 Å². The molecule has 0 fully saturated rings. The van der Waals surface area contributed by atoms with Crippen LogP contribution in [0.2, 0.25) is 0 Å². The maximum absolute atomic E-state index is 8.88. The Morgan fingerprint density at radius 2 is 0.978 bits per heavy atom. The van der Waals surface area contributed by atoms with Crippen LogP contribution >= 0.6 is 0 Å². The Bertz CT molecular complexity index is 1600. The van der Waals surface area contributed by atoms with Crippen molar-refractivity contribution in [1.82, 2.24) is 0 Å². The summed E-state index contributed by atoms with van der Waals surface area (Å²) >= 11 is 0. The fraction of sp³-hybridized carbons (Fsp3) is 0.415. The molecule has 0 spiro atoms. The molecule has 0 aliphatic heterocycles. The van der Waals surface area contributed by atoms with Crippen LogP contribution in [0.25, 0.3) is 0 Å². The second kappa shape index (κ2) is 16.3. The molecule has 0 saturated heterocycles. The Hall–Kier alpha value is -3.28. The fourth-order valence-corrected chi connectivity index (χ4v) is 6.13. The van der Waals surface area contributed by atoms with Gasteiger partial charge < -0.3 is 19.3 Å². The zero-order valence-electron chi connectivity index (χ0n) is 28.7. The van der Waals surface area contributed by atoms with Gasteiger partial charge in [-0.2, -0.15) is 0 Å². The van der Waals surface area contributed by atoms with Crippen LogP contribution in [0.15, 0.2) is 54.6 Å². The number of ether oxygens (including phenoxy) is 3. The smallest absolute Gasteiger partial charge is 0.0724 e. The van der Waals surface area contributed by atoms with Gasteiger partial charge in [0.25, 0.3) is 0 Å². The lowest BCUT2D eigenvalue weighted by Crippen LogP contribution is -2.09. The van der Waals surface area contributed by atoms with Crippen LogP contribution in [0.4, 0.5) is 0 Å². The molecular weight excluding hydrogens is 556 g/mol. The summed E-state index contributed by atoms with van der Waals surface area (Å²) in [6.45, 7) is 20.6. The number of hydrogen-bond donors (Lipinski definition) is 1. The van der Waals surface area contributed by atoms with E-state index in [0.29, 0.717) is 39.6 Å². The van der Waals surface area contributed by atoms with Crippen LogP contribution in [-0.4, -0.2) is 31.5 Å². The molecule has 0 radical (unpaired) electrons. The Morgan fingerprint density at radius 3 is 1.58 bits per heavy atom. The highest BCUT2D eigenvalue weighted by molar-refractivity contribution is 5.45. The van der Waals surface area contributed by atoms with Gasteiger partial charge in [0, 0.05) is 0 Å². The van der Waals surface area contributed by atoms with Crippen LogP contribution in [0.1, 0.15) is 83.5 Å². The molecule has 0 bridgehead atoms. The van der Waals surface area contributed by atoms with Crippen molar-refractivity contribution >= 4 is 0 Å². The molecular formula is C41H52O4. The molecule has 0 aromatic heterocycles. The maximum atomic E-state index is 8.88. The molecule has 0 aliphatic carbocycles. The van der Waals surface area contributed by atoms with Crippen molar-refractivity contribution in [2.75, 3.05) is 26.4 Å². The van der Waals surface area contributed by atoms with Gasteiger partial charge >= 0.3 is 0 Å². The van der Waals surface area contributed by atoms with Crippen molar-refractivity contribution in [3.63, 3.8) is 0 Å². The molecule has 4 aromatic carbocycles. The Balaban J connectivity index is 1.43. The average Bonchev–Trinajstić information content (AvgIpc) is 2.99. The van der Waals surface area contributed by atoms with E-state index in [4.69, 9.17) is 19.3 Å². The van der Waals surface area contributed by atoms with Crippen molar-refractivity contribution in [2.24, 2.45) is 0 Å². The topological polar surface area (TPSA) is 47.9 Å². The number of rotatable bonds is 15. The molecule has 4 rings (SSSR count). The van der Waals surface area contributed by atoms with Crippen molar-refractivity contribution in [3.8, 4) is 0 Å². The molecule has 4 heteroatoms. The first-order chi connectivity index (χ1) is 21.6. The van der Waals surface area contributed by atoms with Gasteiger partial charge in [0.2, 0.25) is 0 Å². The van der Waals surface area contributed by atoms with Crippen LogP contribution in [0.5, 0.6) is 0 Å². The lowest BCUT2D eigenvalue weighted by atomic mass is 9.91. The second-order valence-corrected chi connectivity index (χ2v) is 12.7. The highest BCUT2D eigenvalue weighted by Crippen LogP contribution is 2.26. The molecule has 4 nitrogen and oxygen atoms in total. The zero-order chi connectivity index (χ0) is 32.5. The van der Waals surface area contributed by atoms with E-state index in [9.17, 15) is 0 Å². The van der Waals surface area contributed by atoms with E-state index in [1.54, 1.807) is 0 Å². The van der Waals surface area contributed by atoms with Gasteiger partial charge in [-0.1, -0.05) is 60.2 Å². The van der Waals surface area contributed by atoms with Crippen molar-refractivity contribution < 1.29 is 19.3 Å². The van der Waals surface area contributed by atoms with Gasteiger partial charge in [-0.3, -0.25) is 0 Å². The van der Waals surface area contributed by atoms with E-state index >= 15 is 0 Å². The quantitative estimate of drug-likeness (QED) is 0.137. The summed E-state index contributed by atoms with van der Waals surface area (Å²) in [5, 5.41) is 8.88. The monoisotopic (exact) mass is 608 g/mol. The number of aliphatic hydroxyl groups is 1. The fourth-order valence-electron chi connectivity index (χ4n) is 6.13. The molecule has 0 amide bonds. The highest BCUT2D eigenvalue weighted by atomic mass is 16.5. The van der Waals surface area contributed by atoms with E-state index in [2.05, 4.69) is 110 Å². The van der Waals surface area contributed by atoms with Crippen LogP contribution in [0, 0.1) is 55.4 Å².